The first-order chi connectivity index (χ1) is 9.90. The minimum Gasteiger partial charge on any atom is -0.399 e. The number of nitrogens with zero attached hydrogens (tertiary/aromatic N) is 1. The van der Waals surface area contributed by atoms with Crippen LogP contribution in [0.15, 0.2) is 33.8 Å². The molecule has 0 spiro atoms. The number of H-pyrrole nitrogens is 1. The monoisotopic (exact) mass is 372 g/mol. The van der Waals surface area contributed by atoms with E-state index in [0.29, 0.717) is 23.1 Å². The molecule has 21 heavy (non-hydrogen) atoms. The van der Waals surface area contributed by atoms with Crippen LogP contribution in [-0.2, 0) is 16.4 Å². The molecule has 2 aromatic rings. The maximum atomic E-state index is 12.2. The number of aromatic amines is 1. The smallest absolute Gasteiger partial charge is 0.241 e. The number of aromatic nitrogens is 2. The molecule has 2 rings (SSSR count). The molecule has 0 atom stereocenters. The number of hydrogen-bond acceptors (Lipinski definition) is 4. The summed E-state index contributed by atoms with van der Waals surface area (Å²) in [4.78, 5) is 0.155. The fraction of sp³-hybridized carbons (Fsp3) is 0.308. The molecule has 0 saturated heterocycles. The molecule has 0 unspecified atom stereocenters. The number of halogens is 1. The van der Waals surface area contributed by atoms with E-state index >= 15 is 0 Å². The molecule has 1 aromatic carbocycles. The van der Waals surface area contributed by atoms with Crippen molar-refractivity contribution in [2.24, 2.45) is 0 Å². The van der Waals surface area contributed by atoms with E-state index in [9.17, 15) is 8.42 Å². The molecular weight excluding hydrogens is 356 g/mol. The van der Waals surface area contributed by atoms with Crippen LogP contribution in [0.4, 0.5) is 5.69 Å². The number of rotatable bonds is 6. The second-order valence-electron chi connectivity index (χ2n) is 4.71. The van der Waals surface area contributed by atoms with E-state index in [-0.39, 0.29) is 4.90 Å². The summed E-state index contributed by atoms with van der Waals surface area (Å²) in [6.45, 7) is 2.30. The van der Waals surface area contributed by atoms with Crippen molar-refractivity contribution in [3.63, 3.8) is 0 Å². The topological polar surface area (TPSA) is 101 Å². The van der Waals surface area contributed by atoms with Crippen LogP contribution >= 0.6 is 15.9 Å². The highest BCUT2D eigenvalue weighted by atomic mass is 79.9. The summed E-state index contributed by atoms with van der Waals surface area (Å²) in [6, 6.07) is 4.70. The van der Waals surface area contributed by atoms with E-state index < -0.39 is 10.0 Å². The molecule has 0 aliphatic rings. The van der Waals surface area contributed by atoms with Gasteiger partial charge in [-0.3, -0.25) is 5.10 Å². The molecule has 0 radical (unpaired) electrons. The Hall–Kier alpha value is -1.38. The molecule has 0 aliphatic heterocycles. The Balaban J connectivity index is 1.95. The van der Waals surface area contributed by atoms with E-state index in [1.165, 1.54) is 6.07 Å². The van der Waals surface area contributed by atoms with Gasteiger partial charge in [0, 0.05) is 22.4 Å². The number of benzene rings is 1. The first-order valence-corrected chi connectivity index (χ1v) is 8.71. The second kappa shape index (κ2) is 6.59. The third-order valence-electron chi connectivity index (χ3n) is 3.09. The van der Waals surface area contributed by atoms with Crippen LogP contribution in [0.3, 0.4) is 0 Å². The molecule has 1 aromatic heterocycles. The summed E-state index contributed by atoms with van der Waals surface area (Å²) in [5, 5.41) is 6.79. The van der Waals surface area contributed by atoms with Gasteiger partial charge in [-0.05, 0) is 59.5 Å². The van der Waals surface area contributed by atoms with Crippen LogP contribution in [0.1, 0.15) is 17.7 Å². The average Bonchev–Trinajstić information content (AvgIpc) is 2.83. The van der Waals surface area contributed by atoms with Crippen molar-refractivity contribution in [3.05, 3.63) is 40.1 Å². The van der Waals surface area contributed by atoms with E-state index in [1.54, 1.807) is 18.3 Å². The zero-order valence-electron chi connectivity index (χ0n) is 11.6. The maximum absolute atomic E-state index is 12.2. The lowest BCUT2D eigenvalue weighted by Gasteiger charge is -2.09. The van der Waals surface area contributed by atoms with Gasteiger partial charge in [-0.1, -0.05) is 0 Å². The lowest BCUT2D eigenvalue weighted by Crippen LogP contribution is -2.25. The fourth-order valence-electron chi connectivity index (χ4n) is 1.92. The molecule has 1 heterocycles. The Morgan fingerprint density at radius 1 is 1.43 bits per heavy atom. The Morgan fingerprint density at radius 2 is 2.19 bits per heavy atom. The number of nitrogen functional groups attached to an aromatic ring is 1. The first-order valence-electron chi connectivity index (χ1n) is 6.43. The van der Waals surface area contributed by atoms with Crippen LogP contribution < -0.4 is 10.5 Å². The molecule has 4 N–H and O–H groups in total. The molecule has 0 fully saturated rings. The third kappa shape index (κ3) is 4.05. The third-order valence-corrected chi connectivity index (χ3v) is 5.55. The Bertz CT molecular complexity index is 728. The van der Waals surface area contributed by atoms with Crippen molar-refractivity contribution < 1.29 is 8.42 Å². The van der Waals surface area contributed by atoms with Gasteiger partial charge in [0.05, 0.1) is 11.1 Å². The molecule has 114 valence electrons. The average molecular weight is 373 g/mol. The number of nitrogens with one attached hydrogen (secondary N) is 2. The van der Waals surface area contributed by atoms with E-state index in [0.717, 1.165) is 17.7 Å². The predicted molar refractivity (Wildman–Crippen MR) is 85.4 cm³/mol. The van der Waals surface area contributed by atoms with Gasteiger partial charge in [0.2, 0.25) is 10.0 Å². The largest absolute Gasteiger partial charge is 0.399 e. The number of sulfonamides is 1. The molecular formula is C13H17BrN4O2S. The Kier molecular flexibility index (Phi) is 5.02. The van der Waals surface area contributed by atoms with Crippen LogP contribution in [0.2, 0.25) is 0 Å². The van der Waals surface area contributed by atoms with Crippen molar-refractivity contribution in [1.29, 1.82) is 0 Å². The van der Waals surface area contributed by atoms with Crippen LogP contribution in [0.5, 0.6) is 0 Å². The summed E-state index contributed by atoms with van der Waals surface area (Å²) < 4.78 is 27.5. The van der Waals surface area contributed by atoms with Gasteiger partial charge in [-0.2, -0.15) is 5.10 Å². The summed E-state index contributed by atoms with van der Waals surface area (Å²) >= 11 is 3.23. The summed E-state index contributed by atoms with van der Waals surface area (Å²) in [5.41, 5.74) is 8.15. The zero-order chi connectivity index (χ0) is 15.5. The Morgan fingerprint density at radius 3 is 2.86 bits per heavy atom. The number of anilines is 1. The Labute approximate surface area is 132 Å². The lowest BCUT2D eigenvalue weighted by molar-refractivity contribution is 0.578. The highest BCUT2D eigenvalue weighted by Crippen LogP contribution is 2.24. The van der Waals surface area contributed by atoms with Gasteiger partial charge in [-0.15, -0.1) is 0 Å². The van der Waals surface area contributed by atoms with Crippen molar-refractivity contribution in [1.82, 2.24) is 14.9 Å². The SMILES string of the molecule is Cc1[nH]ncc1CCCNS(=O)(=O)c1cc(N)ccc1Br. The molecule has 6 nitrogen and oxygen atoms in total. The second-order valence-corrected chi connectivity index (χ2v) is 7.30. The summed E-state index contributed by atoms with van der Waals surface area (Å²) in [5.74, 6) is 0. The van der Waals surface area contributed by atoms with E-state index in [1.807, 2.05) is 6.92 Å². The molecule has 0 aliphatic carbocycles. The van der Waals surface area contributed by atoms with E-state index in [4.69, 9.17) is 5.73 Å². The molecule has 8 heteroatoms. The standard InChI is InChI=1S/C13H17BrN4O2S/c1-9-10(8-16-18-9)3-2-6-17-21(19,20)13-7-11(15)4-5-12(13)14/h4-5,7-8,17H,2-3,6,15H2,1H3,(H,16,18). The van der Waals surface area contributed by atoms with Crippen molar-refractivity contribution in [2.45, 2.75) is 24.7 Å². The zero-order valence-corrected chi connectivity index (χ0v) is 14.0. The number of hydrogen-bond donors (Lipinski definition) is 3. The highest BCUT2D eigenvalue weighted by molar-refractivity contribution is 9.10. The quantitative estimate of drug-likeness (QED) is 0.532. The molecule has 0 amide bonds. The van der Waals surface area contributed by atoms with Gasteiger partial charge in [-0.25, -0.2) is 13.1 Å². The fourth-order valence-corrected chi connectivity index (χ4v) is 3.99. The minimum atomic E-state index is -3.56. The highest BCUT2D eigenvalue weighted by Gasteiger charge is 2.17. The van der Waals surface area contributed by atoms with Gasteiger partial charge in [0.1, 0.15) is 0 Å². The summed E-state index contributed by atoms with van der Waals surface area (Å²) in [6.07, 6.45) is 3.22. The number of nitrogens with two attached hydrogens (primary N) is 1. The van der Waals surface area contributed by atoms with Crippen molar-refractivity contribution in [2.75, 3.05) is 12.3 Å². The van der Waals surface area contributed by atoms with Crippen LogP contribution in [0.25, 0.3) is 0 Å². The van der Waals surface area contributed by atoms with Crippen LogP contribution in [-0.4, -0.2) is 25.2 Å². The van der Waals surface area contributed by atoms with Crippen molar-refractivity contribution >= 4 is 31.6 Å². The molecule has 0 saturated carbocycles. The van der Waals surface area contributed by atoms with Gasteiger partial charge >= 0.3 is 0 Å². The first kappa shape index (κ1) is 16.0. The normalized spacial score (nSPS) is 11.7. The van der Waals surface area contributed by atoms with E-state index in [2.05, 4.69) is 30.8 Å². The molecule has 0 bridgehead atoms. The summed E-state index contributed by atoms with van der Waals surface area (Å²) in [7, 11) is -3.56. The van der Waals surface area contributed by atoms with Crippen molar-refractivity contribution in [3.8, 4) is 0 Å². The van der Waals surface area contributed by atoms with Crippen LogP contribution in [0, 0.1) is 6.92 Å². The van der Waals surface area contributed by atoms with Gasteiger partial charge in [0.25, 0.3) is 0 Å². The minimum absolute atomic E-state index is 0.155. The predicted octanol–water partition coefficient (Wildman–Crippen LogP) is 1.97. The number of aryl methyl sites for hydroxylation is 2. The maximum Gasteiger partial charge on any atom is 0.241 e. The lowest BCUT2D eigenvalue weighted by atomic mass is 10.1. The van der Waals surface area contributed by atoms with Gasteiger partial charge in [0.15, 0.2) is 0 Å². The van der Waals surface area contributed by atoms with Gasteiger partial charge < -0.3 is 5.73 Å².